The Morgan fingerprint density at radius 3 is 2.83 bits per heavy atom. The highest BCUT2D eigenvalue weighted by Gasteiger charge is 2.26. The Morgan fingerprint density at radius 2 is 2.04 bits per heavy atom. The van der Waals surface area contributed by atoms with E-state index in [-0.39, 0.29) is 12.5 Å². The van der Waals surface area contributed by atoms with E-state index in [1.807, 2.05) is 35.2 Å². The van der Waals surface area contributed by atoms with Crippen molar-refractivity contribution >= 4 is 17.7 Å². The van der Waals surface area contributed by atoms with Gasteiger partial charge in [0.2, 0.25) is 5.91 Å². The first-order chi connectivity index (χ1) is 11.3. The maximum Gasteiger partial charge on any atom is 0.248 e. The van der Waals surface area contributed by atoms with Gasteiger partial charge in [-0.1, -0.05) is 30.3 Å². The summed E-state index contributed by atoms with van der Waals surface area (Å²) in [5, 5.41) is 0. The van der Waals surface area contributed by atoms with Crippen LogP contribution in [0.5, 0.6) is 0 Å². The average molecular weight is 334 g/mol. The molecular weight excluding hydrogens is 308 g/mol. The number of thioether (sulfide) groups is 1. The topological polar surface area (TPSA) is 32.8 Å². The number of nitrogens with zero attached hydrogens (tertiary/aromatic N) is 2. The first-order valence-corrected chi connectivity index (χ1v) is 9.69. The molecule has 1 aromatic carbocycles. The molecule has 0 spiro atoms. The van der Waals surface area contributed by atoms with E-state index in [9.17, 15) is 4.79 Å². The third-order valence-electron chi connectivity index (χ3n) is 4.64. The van der Waals surface area contributed by atoms with Crippen molar-refractivity contribution in [1.29, 1.82) is 0 Å². The molecule has 2 fully saturated rings. The molecule has 0 N–H and O–H groups in total. The lowest BCUT2D eigenvalue weighted by atomic mass is 10.2. The minimum Gasteiger partial charge on any atom is -0.367 e. The van der Waals surface area contributed by atoms with Crippen LogP contribution in [0.1, 0.15) is 18.4 Å². The number of amides is 1. The summed E-state index contributed by atoms with van der Waals surface area (Å²) in [7, 11) is 0. The van der Waals surface area contributed by atoms with Crippen LogP contribution in [0, 0.1) is 0 Å². The first-order valence-electron chi connectivity index (χ1n) is 8.54. The van der Waals surface area contributed by atoms with Crippen LogP contribution in [0.15, 0.2) is 30.3 Å². The number of hydrogen-bond donors (Lipinski definition) is 0. The van der Waals surface area contributed by atoms with Crippen molar-refractivity contribution < 1.29 is 9.53 Å². The van der Waals surface area contributed by atoms with Crippen molar-refractivity contribution in [1.82, 2.24) is 9.80 Å². The summed E-state index contributed by atoms with van der Waals surface area (Å²) >= 11 is 2.06. The van der Waals surface area contributed by atoms with Gasteiger partial charge >= 0.3 is 0 Å². The Kier molecular flexibility index (Phi) is 6.37. The molecule has 2 heterocycles. The van der Waals surface area contributed by atoms with Gasteiger partial charge in [-0.2, -0.15) is 11.8 Å². The number of rotatable bonds is 5. The standard InChI is InChI=1S/C18H26N2O2S/c21-18(14-22-13-16-5-2-1-3-6-16)20-9-4-8-19(10-11-20)17-7-12-23-15-17/h1-3,5-6,17H,4,7-15H2. The Morgan fingerprint density at radius 1 is 1.17 bits per heavy atom. The third kappa shape index (κ3) is 4.96. The van der Waals surface area contributed by atoms with Crippen LogP contribution < -0.4 is 0 Å². The molecule has 1 atom stereocenters. The van der Waals surface area contributed by atoms with Gasteiger partial charge in [0, 0.05) is 38.0 Å². The van der Waals surface area contributed by atoms with Gasteiger partial charge in [0.15, 0.2) is 0 Å². The SMILES string of the molecule is O=C(COCc1ccccc1)N1CCCN(C2CCSC2)CC1. The van der Waals surface area contributed by atoms with Gasteiger partial charge in [0.1, 0.15) is 6.61 Å². The summed E-state index contributed by atoms with van der Waals surface area (Å²) in [6.45, 7) is 4.54. The number of benzene rings is 1. The quantitative estimate of drug-likeness (QED) is 0.827. The monoisotopic (exact) mass is 334 g/mol. The highest BCUT2D eigenvalue weighted by molar-refractivity contribution is 7.99. The molecule has 0 aromatic heterocycles. The van der Waals surface area contributed by atoms with Crippen LogP contribution in [-0.2, 0) is 16.1 Å². The lowest BCUT2D eigenvalue weighted by Gasteiger charge is -2.26. The van der Waals surface area contributed by atoms with E-state index in [1.165, 1.54) is 17.9 Å². The van der Waals surface area contributed by atoms with Crippen LogP contribution in [0.25, 0.3) is 0 Å². The Bertz CT molecular complexity index is 491. The fourth-order valence-electron chi connectivity index (χ4n) is 3.28. The lowest BCUT2D eigenvalue weighted by Crippen LogP contribution is -2.40. The second-order valence-corrected chi connectivity index (χ2v) is 7.42. The zero-order chi connectivity index (χ0) is 15.9. The molecule has 126 valence electrons. The zero-order valence-corrected chi connectivity index (χ0v) is 14.5. The molecule has 2 saturated heterocycles. The van der Waals surface area contributed by atoms with Gasteiger partial charge in [-0.15, -0.1) is 0 Å². The molecule has 1 amide bonds. The summed E-state index contributed by atoms with van der Waals surface area (Å²) < 4.78 is 5.59. The molecule has 4 nitrogen and oxygen atoms in total. The van der Waals surface area contributed by atoms with Gasteiger partial charge in [0.05, 0.1) is 6.61 Å². The number of carbonyl (C=O) groups excluding carboxylic acids is 1. The molecule has 2 aliphatic rings. The maximum absolute atomic E-state index is 12.3. The number of carbonyl (C=O) groups is 1. The lowest BCUT2D eigenvalue weighted by molar-refractivity contribution is -0.136. The third-order valence-corrected chi connectivity index (χ3v) is 5.79. The summed E-state index contributed by atoms with van der Waals surface area (Å²) in [4.78, 5) is 16.9. The summed E-state index contributed by atoms with van der Waals surface area (Å²) in [6.07, 6.45) is 2.38. The van der Waals surface area contributed by atoms with Gasteiger partial charge in [-0.05, 0) is 24.2 Å². The van der Waals surface area contributed by atoms with Crippen molar-refractivity contribution in [3.05, 3.63) is 35.9 Å². The summed E-state index contributed by atoms with van der Waals surface area (Å²) in [5.74, 6) is 2.68. The molecule has 1 unspecified atom stereocenters. The second-order valence-electron chi connectivity index (χ2n) is 6.27. The largest absolute Gasteiger partial charge is 0.367 e. The van der Waals surface area contributed by atoms with E-state index in [0.717, 1.165) is 44.2 Å². The highest BCUT2D eigenvalue weighted by atomic mass is 32.2. The van der Waals surface area contributed by atoms with Crippen LogP contribution >= 0.6 is 11.8 Å². The molecule has 0 radical (unpaired) electrons. The molecule has 2 aliphatic heterocycles. The van der Waals surface area contributed by atoms with Crippen LogP contribution in [0.4, 0.5) is 0 Å². The Hall–Kier alpha value is -1.04. The fourth-order valence-corrected chi connectivity index (χ4v) is 4.54. The van der Waals surface area contributed by atoms with Crippen molar-refractivity contribution in [2.75, 3.05) is 44.3 Å². The molecule has 0 aliphatic carbocycles. The maximum atomic E-state index is 12.3. The summed E-state index contributed by atoms with van der Waals surface area (Å²) in [6, 6.07) is 10.7. The molecule has 0 bridgehead atoms. The van der Waals surface area contributed by atoms with Gasteiger partial charge < -0.3 is 9.64 Å². The fraction of sp³-hybridized carbons (Fsp3) is 0.611. The van der Waals surface area contributed by atoms with Gasteiger partial charge in [-0.25, -0.2) is 0 Å². The van der Waals surface area contributed by atoms with E-state index >= 15 is 0 Å². The minimum absolute atomic E-state index is 0.128. The van der Waals surface area contributed by atoms with E-state index in [1.54, 1.807) is 0 Å². The zero-order valence-electron chi connectivity index (χ0n) is 13.7. The molecule has 0 saturated carbocycles. The number of hydrogen-bond acceptors (Lipinski definition) is 4. The minimum atomic E-state index is 0.128. The van der Waals surface area contributed by atoms with E-state index < -0.39 is 0 Å². The molecule has 1 aromatic rings. The van der Waals surface area contributed by atoms with Gasteiger partial charge in [-0.3, -0.25) is 9.69 Å². The second kappa shape index (κ2) is 8.71. The van der Waals surface area contributed by atoms with E-state index in [4.69, 9.17) is 4.74 Å². The van der Waals surface area contributed by atoms with Crippen molar-refractivity contribution in [3.8, 4) is 0 Å². The van der Waals surface area contributed by atoms with Crippen molar-refractivity contribution in [2.45, 2.75) is 25.5 Å². The van der Waals surface area contributed by atoms with Crippen LogP contribution in [0.2, 0.25) is 0 Å². The molecule has 3 rings (SSSR count). The Balaban J connectivity index is 1.41. The van der Waals surface area contributed by atoms with Crippen molar-refractivity contribution in [3.63, 3.8) is 0 Å². The predicted molar refractivity (Wildman–Crippen MR) is 94.6 cm³/mol. The smallest absolute Gasteiger partial charge is 0.248 e. The van der Waals surface area contributed by atoms with Gasteiger partial charge in [0.25, 0.3) is 0 Å². The number of ether oxygens (including phenoxy) is 1. The normalized spacial score (nSPS) is 23.0. The average Bonchev–Trinajstić information content (AvgIpc) is 3.00. The molecular formula is C18H26N2O2S. The van der Waals surface area contributed by atoms with Crippen LogP contribution in [0.3, 0.4) is 0 Å². The summed E-state index contributed by atoms with van der Waals surface area (Å²) in [5.41, 5.74) is 1.11. The van der Waals surface area contributed by atoms with Crippen molar-refractivity contribution in [2.24, 2.45) is 0 Å². The van der Waals surface area contributed by atoms with E-state index in [0.29, 0.717) is 6.61 Å². The van der Waals surface area contributed by atoms with E-state index in [2.05, 4.69) is 16.7 Å². The van der Waals surface area contributed by atoms with Crippen LogP contribution in [-0.4, -0.2) is 66.0 Å². The predicted octanol–water partition coefficient (Wildman–Crippen LogP) is 2.24. The molecule has 23 heavy (non-hydrogen) atoms. The highest BCUT2D eigenvalue weighted by Crippen LogP contribution is 2.23. The molecule has 5 heteroatoms. The Labute approximate surface area is 143 Å². The first kappa shape index (κ1) is 16.8.